The number of pyridine rings is 1. The standard InChI is InChI=1S/C21H29N5O2.C2HF3O2/c1-15(2)26-13-17-18(23-26)21(14-24(3)20(17)27)7-10-25(11-8-21)12-16-6-5-9-22-19(16)28-4;3-2(4,5)1(6)7/h5-6,9,13,15H,7-8,10-12,14H2,1-4H3;(H,6,7). The highest BCUT2D eigenvalue weighted by Gasteiger charge is 2.46. The minimum atomic E-state index is -5.08. The van der Waals surface area contributed by atoms with Crippen LogP contribution in [0, 0.1) is 0 Å². The first-order valence-corrected chi connectivity index (χ1v) is 11.2. The summed E-state index contributed by atoms with van der Waals surface area (Å²) in [4.78, 5) is 30.2. The number of nitrogens with zero attached hydrogens (tertiary/aromatic N) is 5. The third kappa shape index (κ3) is 5.75. The topological polar surface area (TPSA) is 101 Å². The summed E-state index contributed by atoms with van der Waals surface area (Å²) in [6, 6.07) is 4.28. The highest BCUT2D eigenvalue weighted by Crippen LogP contribution is 2.41. The van der Waals surface area contributed by atoms with Crippen LogP contribution in [-0.2, 0) is 16.8 Å². The van der Waals surface area contributed by atoms with Crippen molar-refractivity contribution in [1.29, 1.82) is 0 Å². The number of aliphatic carboxylic acids is 1. The Morgan fingerprint density at radius 2 is 1.91 bits per heavy atom. The molecule has 2 aromatic heterocycles. The van der Waals surface area contributed by atoms with E-state index in [0.29, 0.717) is 5.88 Å². The first-order valence-electron chi connectivity index (χ1n) is 11.2. The lowest BCUT2D eigenvalue weighted by molar-refractivity contribution is -0.192. The number of likely N-dealkylation sites (N-methyl/N-ethyl adjacent to an activating group) is 1. The van der Waals surface area contributed by atoms with E-state index >= 15 is 0 Å². The van der Waals surface area contributed by atoms with Crippen molar-refractivity contribution in [2.75, 3.05) is 33.8 Å². The van der Waals surface area contributed by atoms with Crippen LogP contribution < -0.4 is 4.74 Å². The third-order valence-electron chi connectivity index (χ3n) is 6.37. The summed E-state index contributed by atoms with van der Waals surface area (Å²) in [5.74, 6) is -1.97. The molecule has 1 amide bonds. The van der Waals surface area contributed by atoms with E-state index in [1.807, 2.05) is 28.9 Å². The summed E-state index contributed by atoms with van der Waals surface area (Å²) in [6.45, 7) is 7.71. The Morgan fingerprint density at radius 3 is 2.46 bits per heavy atom. The molecule has 0 aliphatic carbocycles. The Bertz CT molecular complexity index is 1060. The molecule has 9 nitrogen and oxygen atoms in total. The maximum atomic E-state index is 12.7. The number of hydrogen-bond donors (Lipinski definition) is 1. The molecular formula is C23H30F3N5O4. The number of rotatable bonds is 4. The van der Waals surface area contributed by atoms with Crippen molar-refractivity contribution in [3.63, 3.8) is 0 Å². The maximum Gasteiger partial charge on any atom is 0.490 e. The number of piperidine rings is 1. The van der Waals surface area contributed by atoms with Crippen molar-refractivity contribution in [3.8, 4) is 5.88 Å². The Labute approximate surface area is 201 Å². The van der Waals surface area contributed by atoms with Gasteiger partial charge >= 0.3 is 12.1 Å². The minimum absolute atomic E-state index is 0.0480. The van der Waals surface area contributed by atoms with Crippen LogP contribution >= 0.6 is 0 Å². The fraction of sp³-hybridized carbons (Fsp3) is 0.565. The molecule has 0 atom stereocenters. The normalized spacial score (nSPS) is 17.7. The van der Waals surface area contributed by atoms with Crippen LogP contribution in [0.25, 0.3) is 0 Å². The number of ether oxygens (including phenoxy) is 1. The molecule has 0 unspecified atom stereocenters. The molecule has 0 radical (unpaired) electrons. The van der Waals surface area contributed by atoms with Crippen LogP contribution in [0.1, 0.15) is 54.3 Å². The minimum Gasteiger partial charge on any atom is -0.481 e. The molecule has 4 rings (SSSR count). The highest BCUT2D eigenvalue weighted by atomic mass is 19.4. The lowest BCUT2D eigenvalue weighted by atomic mass is 9.72. The van der Waals surface area contributed by atoms with Crippen LogP contribution in [0.2, 0.25) is 0 Å². The zero-order chi connectivity index (χ0) is 26.0. The number of carboxylic acids is 1. The van der Waals surface area contributed by atoms with Gasteiger partial charge in [0, 0.05) is 49.6 Å². The summed E-state index contributed by atoms with van der Waals surface area (Å²) >= 11 is 0. The van der Waals surface area contributed by atoms with Crippen molar-refractivity contribution in [2.24, 2.45) is 0 Å². The SMILES string of the molecule is COc1ncccc1CN1CCC2(CC1)CN(C)C(=O)c1cn(C(C)C)nc12.O=C(O)C(F)(F)F. The van der Waals surface area contributed by atoms with Crippen molar-refractivity contribution < 1.29 is 32.6 Å². The van der Waals surface area contributed by atoms with Crippen molar-refractivity contribution in [3.05, 3.63) is 41.3 Å². The molecular weight excluding hydrogens is 467 g/mol. The number of carbonyl (C=O) groups is 2. The monoisotopic (exact) mass is 497 g/mol. The van der Waals surface area contributed by atoms with Crippen LogP contribution in [0.3, 0.4) is 0 Å². The fourth-order valence-electron chi connectivity index (χ4n) is 4.51. The first-order chi connectivity index (χ1) is 16.4. The molecule has 4 heterocycles. The molecule has 0 aromatic carbocycles. The number of likely N-dealkylation sites (tertiary alicyclic amines) is 1. The third-order valence-corrected chi connectivity index (χ3v) is 6.37. The molecule has 0 saturated carbocycles. The molecule has 2 aromatic rings. The smallest absolute Gasteiger partial charge is 0.481 e. The zero-order valence-electron chi connectivity index (χ0n) is 20.2. The van der Waals surface area contributed by atoms with E-state index in [2.05, 4.69) is 29.8 Å². The second-order valence-electron chi connectivity index (χ2n) is 9.16. The van der Waals surface area contributed by atoms with Crippen molar-refractivity contribution in [1.82, 2.24) is 24.6 Å². The number of carboxylic acid groups (broad SMARTS) is 1. The molecule has 1 spiro atoms. The zero-order valence-corrected chi connectivity index (χ0v) is 20.2. The number of amides is 1. The van der Waals surface area contributed by atoms with Gasteiger partial charge in [-0.3, -0.25) is 14.4 Å². The van der Waals surface area contributed by atoms with Gasteiger partial charge in [-0.15, -0.1) is 0 Å². The number of halogens is 3. The molecule has 0 bridgehead atoms. The van der Waals surface area contributed by atoms with Crippen LogP contribution in [0.15, 0.2) is 24.5 Å². The number of carbonyl (C=O) groups excluding carboxylic acids is 1. The van der Waals surface area contributed by atoms with Gasteiger partial charge in [0.2, 0.25) is 5.88 Å². The molecule has 2 aliphatic heterocycles. The van der Waals surface area contributed by atoms with Gasteiger partial charge < -0.3 is 14.7 Å². The van der Waals surface area contributed by atoms with E-state index in [1.54, 1.807) is 13.3 Å². The molecule has 2 aliphatic rings. The number of aromatic nitrogens is 3. The van der Waals surface area contributed by atoms with E-state index < -0.39 is 12.1 Å². The largest absolute Gasteiger partial charge is 0.490 e. The maximum absolute atomic E-state index is 12.7. The molecule has 35 heavy (non-hydrogen) atoms. The number of alkyl halides is 3. The van der Waals surface area contributed by atoms with Gasteiger partial charge in [-0.05, 0) is 45.8 Å². The molecule has 12 heteroatoms. The van der Waals surface area contributed by atoms with Gasteiger partial charge in [0.05, 0.1) is 18.4 Å². The van der Waals surface area contributed by atoms with E-state index in [4.69, 9.17) is 19.7 Å². The van der Waals surface area contributed by atoms with Crippen LogP contribution in [-0.4, -0.2) is 81.5 Å². The van der Waals surface area contributed by atoms with Gasteiger partial charge in [0.1, 0.15) is 0 Å². The second-order valence-corrected chi connectivity index (χ2v) is 9.16. The first kappa shape index (κ1) is 26.5. The molecule has 1 saturated heterocycles. The van der Waals surface area contributed by atoms with Gasteiger partial charge in [-0.2, -0.15) is 18.3 Å². The van der Waals surface area contributed by atoms with E-state index in [-0.39, 0.29) is 17.4 Å². The van der Waals surface area contributed by atoms with Crippen molar-refractivity contribution >= 4 is 11.9 Å². The second kappa shape index (κ2) is 10.2. The van der Waals surface area contributed by atoms with Gasteiger partial charge in [-0.25, -0.2) is 9.78 Å². The van der Waals surface area contributed by atoms with Crippen LogP contribution in [0.4, 0.5) is 13.2 Å². The number of methoxy groups -OCH3 is 1. The summed E-state index contributed by atoms with van der Waals surface area (Å²) in [6.07, 6.45) is 0.603. The molecule has 1 N–H and O–H groups in total. The van der Waals surface area contributed by atoms with Crippen molar-refractivity contribution in [2.45, 2.75) is 50.9 Å². The summed E-state index contributed by atoms with van der Waals surface area (Å²) in [5, 5.41) is 12.0. The quantitative estimate of drug-likeness (QED) is 0.693. The Morgan fingerprint density at radius 1 is 1.29 bits per heavy atom. The lowest BCUT2D eigenvalue weighted by Gasteiger charge is -2.45. The highest BCUT2D eigenvalue weighted by molar-refractivity contribution is 5.96. The number of hydrogen-bond acceptors (Lipinski definition) is 6. The molecule has 192 valence electrons. The van der Waals surface area contributed by atoms with E-state index in [0.717, 1.165) is 55.8 Å². The van der Waals surface area contributed by atoms with Gasteiger partial charge in [0.25, 0.3) is 5.91 Å². The average molecular weight is 498 g/mol. The van der Waals surface area contributed by atoms with Gasteiger partial charge in [0.15, 0.2) is 0 Å². The Kier molecular flexibility index (Phi) is 7.73. The van der Waals surface area contributed by atoms with E-state index in [9.17, 15) is 18.0 Å². The number of fused-ring (bicyclic) bond motifs is 2. The van der Waals surface area contributed by atoms with Crippen LogP contribution in [0.5, 0.6) is 5.88 Å². The Hall–Kier alpha value is -3.15. The predicted octanol–water partition coefficient (Wildman–Crippen LogP) is 3.12. The fourth-order valence-corrected chi connectivity index (χ4v) is 4.51. The average Bonchev–Trinajstić information content (AvgIpc) is 3.27. The summed E-state index contributed by atoms with van der Waals surface area (Å²) in [5.41, 5.74) is 2.85. The molecule has 1 fully saturated rings. The summed E-state index contributed by atoms with van der Waals surface area (Å²) < 4.78 is 39.1. The lowest BCUT2D eigenvalue weighted by Crippen LogP contribution is -2.53. The van der Waals surface area contributed by atoms with Gasteiger partial charge in [-0.1, -0.05) is 6.07 Å². The predicted molar refractivity (Wildman–Crippen MR) is 120 cm³/mol. The Balaban J connectivity index is 0.000000429. The summed E-state index contributed by atoms with van der Waals surface area (Å²) in [7, 11) is 3.57. The van der Waals surface area contributed by atoms with E-state index in [1.165, 1.54) is 0 Å².